The van der Waals surface area contributed by atoms with Crippen LogP contribution in [0.4, 0.5) is 0 Å². The Labute approximate surface area is 153 Å². The molecule has 2 aromatic carbocycles. The van der Waals surface area contributed by atoms with Crippen molar-refractivity contribution in [3.05, 3.63) is 83.1 Å². The van der Waals surface area contributed by atoms with Gasteiger partial charge in [0, 0.05) is 18.0 Å². The zero-order valence-electron chi connectivity index (χ0n) is 13.3. The van der Waals surface area contributed by atoms with Gasteiger partial charge in [-0.25, -0.2) is 14.8 Å². The second-order valence-corrected chi connectivity index (χ2v) is 5.49. The maximum absolute atomic E-state index is 11.9. The number of halogens is 1. The fourth-order valence-corrected chi connectivity index (χ4v) is 2.28. The number of nitrogens with one attached hydrogen (secondary N) is 2. The maximum Gasteiger partial charge on any atom is 0.361 e. The molecule has 7 nitrogen and oxygen atoms in total. The summed E-state index contributed by atoms with van der Waals surface area (Å²) in [6.45, 7) is 0. The third-order valence-corrected chi connectivity index (χ3v) is 3.68. The molecule has 3 aromatic rings. The largest absolute Gasteiger partial charge is 0.361 e. The van der Waals surface area contributed by atoms with Gasteiger partial charge in [0.15, 0.2) is 5.82 Å². The Hall–Kier alpha value is -3.29. The molecule has 0 aliphatic heterocycles. The summed E-state index contributed by atoms with van der Waals surface area (Å²) in [7, 11) is 0. The highest BCUT2D eigenvalue weighted by molar-refractivity contribution is 6.33. The molecule has 0 spiro atoms. The molecule has 1 aromatic heterocycles. The van der Waals surface area contributed by atoms with E-state index in [1.54, 1.807) is 18.2 Å². The molecule has 3 rings (SSSR count). The molecule has 0 atom stereocenters. The lowest BCUT2D eigenvalue weighted by molar-refractivity contribution is 0.0137. The van der Waals surface area contributed by atoms with Crippen LogP contribution in [-0.2, 0) is 4.84 Å². The third-order valence-electron chi connectivity index (χ3n) is 3.35. The van der Waals surface area contributed by atoms with Gasteiger partial charge >= 0.3 is 5.97 Å². The molecule has 0 saturated heterocycles. The molecule has 8 heteroatoms. The first-order valence-electron chi connectivity index (χ1n) is 7.53. The first-order chi connectivity index (χ1) is 12.6. The second-order valence-electron chi connectivity index (χ2n) is 5.09. The minimum atomic E-state index is -0.746. The summed E-state index contributed by atoms with van der Waals surface area (Å²) in [4.78, 5) is 36.9. The molecule has 0 saturated carbocycles. The van der Waals surface area contributed by atoms with Gasteiger partial charge in [-0.05, 0) is 12.1 Å². The Morgan fingerprint density at radius 3 is 2.27 bits per heavy atom. The molecular weight excluding hydrogens is 356 g/mol. The molecule has 130 valence electrons. The molecule has 26 heavy (non-hydrogen) atoms. The first-order valence-corrected chi connectivity index (χ1v) is 7.91. The molecule has 0 unspecified atom stereocenters. The zero-order chi connectivity index (χ0) is 18.4. The number of hydrogen-bond donors (Lipinski definition) is 2. The number of hydrogen-bond acceptors (Lipinski definition) is 6. The molecule has 1 heterocycles. The SMILES string of the molecule is O=C(ONNC(=O)c1ccccc1Cl)c1cnc(-c2ccccc2)nc1. The van der Waals surface area contributed by atoms with Gasteiger partial charge < -0.3 is 4.84 Å². The van der Waals surface area contributed by atoms with Crippen molar-refractivity contribution in [2.24, 2.45) is 0 Å². The van der Waals surface area contributed by atoms with Crippen LogP contribution in [0.15, 0.2) is 67.0 Å². The van der Waals surface area contributed by atoms with Crippen LogP contribution >= 0.6 is 11.6 Å². The Morgan fingerprint density at radius 1 is 0.923 bits per heavy atom. The van der Waals surface area contributed by atoms with Crippen molar-refractivity contribution in [2.45, 2.75) is 0 Å². The van der Waals surface area contributed by atoms with Gasteiger partial charge in [0.25, 0.3) is 5.91 Å². The molecule has 0 aliphatic carbocycles. The smallest absolute Gasteiger partial charge is 0.346 e. The predicted octanol–water partition coefficient (Wildman–Crippen LogP) is 2.80. The number of hydrazine groups is 1. The van der Waals surface area contributed by atoms with Crippen LogP contribution < -0.4 is 11.0 Å². The van der Waals surface area contributed by atoms with Gasteiger partial charge in [0.1, 0.15) is 0 Å². The second kappa shape index (κ2) is 8.19. The summed E-state index contributed by atoms with van der Waals surface area (Å²) in [5.74, 6) is -0.801. The fraction of sp³-hybridized carbons (Fsp3) is 0. The normalized spacial score (nSPS) is 10.2. The summed E-state index contributed by atoms with van der Waals surface area (Å²) in [6, 6.07) is 15.8. The lowest BCUT2D eigenvalue weighted by atomic mass is 10.2. The average molecular weight is 369 g/mol. The number of rotatable bonds is 5. The van der Waals surface area contributed by atoms with Crippen LogP contribution in [-0.4, -0.2) is 21.8 Å². The van der Waals surface area contributed by atoms with E-state index >= 15 is 0 Å². The molecule has 2 N–H and O–H groups in total. The van der Waals surface area contributed by atoms with E-state index < -0.39 is 11.9 Å². The Bertz CT molecular complexity index is 917. The van der Waals surface area contributed by atoms with Crippen molar-refractivity contribution < 1.29 is 14.4 Å². The van der Waals surface area contributed by atoms with Gasteiger partial charge in [0.2, 0.25) is 0 Å². The van der Waals surface area contributed by atoms with Crippen LogP contribution in [0.25, 0.3) is 11.4 Å². The highest BCUT2D eigenvalue weighted by Crippen LogP contribution is 2.14. The van der Waals surface area contributed by atoms with Crippen LogP contribution in [0.5, 0.6) is 0 Å². The van der Waals surface area contributed by atoms with E-state index in [2.05, 4.69) is 21.0 Å². The van der Waals surface area contributed by atoms with Gasteiger partial charge in [-0.2, -0.15) is 0 Å². The third kappa shape index (κ3) is 4.21. The van der Waals surface area contributed by atoms with Gasteiger partial charge in [-0.3, -0.25) is 10.2 Å². The molecular formula is C18H13ClN4O3. The van der Waals surface area contributed by atoms with Gasteiger partial charge in [0.05, 0.1) is 16.1 Å². The van der Waals surface area contributed by atoms with E-state index in [-0.39, 0.29) is 16.1 Å². The molecule has 0 bridgehead atoms. The predicted molar refractivity (Wildman–Crippen MR) is 94.9 cm³/mol. The molecule has 0 aliphatic rings. The molecule has 0 fully saturated rings. The van der Waals surface area contributed by atoms with E-state index in [0.717, 1.165) is 5.56 Å². The Kier molecular flexibility index (Phi) is 5.52. The standard InChI is InChI=1S/C18H13ClN4O3/c19-15-9-5-4-8-14(15)17(24)22-23-26-18(25)13-10-20-16(21-11-13)12-6-2-1-3-7-12/h1-11,23H,(H,22,24). The fourth-order valence-electron chi connectivity index (χ4n) is 2.06. The lowest BCUT2D eigenvalue weighted by Crippen LogP contribution is -2.39. The number of benzene rings is 2. The van der Waals surface area contributed by atoms with E-state index in [1.165, 1.54) is 18.5 Å². The monoisotopic (exact) mass is 368 g/mol. The first kappa shape index (κ1) is 17.5. The van der Waals surface area contributed by atoms with Crippen molar-refractivity contribution in [3.8, 4) is 11.4 Å². The number of amides is 1. The molecule has 1 amide bonds. The summed E-state index contributed by atoms with van der Waals surface area (Å²) in [6.07, 6.45) is 2.68. The van der Waals surface area contributed by atoms with Crippen LogP contribution in [0.3, 0.4) is 0 Å². The van der Waals surface area contributed by atoms with Crippen LogP contribution in [0, 0.1) is 0 Å². The number of carbonyl (C=O) groups is 2. The minimum absolute atomic E-state index is 0.129. The summed E-state index contributed by atoms with van der Waals surface area (Å²) < 4.78 is 0. The Balaban J connectivity index is 1.55. The van der Waals surface area contributed by atoms with E-state index in [9.17, 15) is 9.59 Å². The van der Waals surface area contributed by atoms with Crippen molar-refractivity contribution >= 4 is 23.5 Å². The number of nitrogens with zero attached hydrogens (tertiary/aromatic N) is 2. The van der Waals surface area contributed by atoms with Gasteiger partial charge in [-0.1, -0.05) is 59.7 Å². The highest BCUT2D eigenvalue weighted by atomic mass is 35.5. The van der Waals surface area contributed by atoms with Crippen molar-refractivity contribution in [1.82, 2.24) is 21.0 Å². The summed E-state index contributed by atoms with van der Waals surface area (Å²) in [5.41, 5.74) is 5.52. The minimum Gasteiger partial charge on any atom is -0.346 e. The quantitative estimate of drug-likeness (QED) is 0.673. The highest BCUT2D eigenvalue weighted by Gasteiger charge is 2.12. The topological polar surface area (TPSA) is 93.2 Å². The lowest BCUT2D eigenvalue weighted by Gasteiger charge is -2.08. The maximum atomic E-state index is 11.9. The van der Waals surface area contributed by atoms with E-state index in [0.29, 0.717) is 5.82 Å². The van der Waals surface area contributed by atoms with Crippen LogP contribution in [0.2, 0.25) is 5.02 Å². The van der Waals surface area contributed by atoms with Crippen molar-refractivity contribution in [1.29, 1.82) is 0 Å². The number of carbonyl (C=O) groups excluding carboxylic acids is 2. The van der Waals surface area contributed by atoms with Crippen LogP contribution in [0.1, 0.15) is 20.7 Å². The van der Waals surface area contributed by atoms with E-state index in [4.69, 9.17) is 16.4 Å². The Morgan fingerprint density at radius 2 is 1.58 bits per heavy atom. The summed E-state index contributed by atoms with van der Waals surface area (Å²) in [5, 5.41) is 0.281. The summed E-state index contributed by atoms with van der Waals surface area (Å²) >= 11 is 5.91. The van der Waals surface area contributed by atoms with Crippen molar-refractivity contribution in [3.63, 3.8) is 0 Å². The average Bonchev–Trinajstić information content (AvgIpc) is 2.69. The molecule has 0 radical (unpaired) electrons. The van der Waals surface area contributed by atoms with E-state index in [1.807, 2.05) is 30.3 Å². The van der Waals surface area contributed by atoms with Gasteiger partial charge in [-0.15, -0.1) is 0 Å². The number of aromatic nitrogens is 2. The van der Waals surface area contributed by atoms with Crippen molar-refractivity contribution in [2.75, 3.05) is 0 Å². The zero-order valence-corrected chi connectivity index (χ0v) is 14.1.